The van der Waals surface area contributed by atoms with Crippen LogP contribution in [0.3, 0.4) is 0 Å². The van der Waals surface area contributed by atoms with E-state index >= 15 is 0 Å². The van der Waals surface area contributed by atoms with Gasteiger partial charge in [-0.1, -0.05) is 237 Å². The number of hydrogen-bond acceptors (Lipinski definition) is 12. The second-order valence-electron chi connectivity index (χ2n) is 21.6. The van der Waals surface area contributed by atoms with Gasteiger partial charge in [0.15, 0.2) is 34.9 Å². The number of hydrogen-bond donors (Lipinski definition) is 0. The third-order valence-electron chi connectivity index (χ3n) is 16.0. The molecular weight excluding hydrogens is 1240 g/mol. The van der Waals surface area contributed by atoms with Crippen molar-refractivity contribution in [1.29, 1.82) is 0 Å². The molecule has 0 aliphatic carbocycles. The summed E-state index contributed by atoms with van der Waals surface area (Å²) < 4.78 is 11.3. The Morgan fingerprint density at radius 2 is 0.630 bits per heavy atom. The Morgan fingerprint density at radius 3 is 1.18 bits per heavy atom. The van der Waals surface area contributed by atoms with E-state index in [-0.39, 0.29) is 15.9 Å². The predicted octanol–water partition coefficient (Wildman–Crippen LogP) is 22.2. The lowest BCUT2D eigenvalue weighted by Gasteiger charge is -2.09. The van der Waals surface area contributed by atoms with E-state index < -0.39 is 0 Å². The van der Waals surface area contributed by atoms with Gasteiger partial charge in [-0.25, -0.2) is 15.0 Å². The summed E-state index contributed by atoms with van der Waals surface area (Å²) in [5.41, 5.74) is 9.47. The van der Waals surface area contributed by atoms with E-state index in [0.29, 0.717) is 34.9 Å². The van der Waals surface area contributed by atoms with Gasteiger partial charge < -0.3 is 4.42 Å². The van der Waals surface area contributed by atoms with E-state index in [1.165, 1.54) is 51.3 Å². The molecular formula is C77H44Cl3N9OS2. The average Bonchev–Trinajstić information content (AvgIpc) is 1.53. The second kappa shape index (κ2) is 24.3. The summed E-state index contributed by atoms with van der Waals surface area (Å²) in [5.74, 6) is 3.36. The van der Waals surface area contributed by atoms with Crippen LogP contribution in [0, 0.1) is 0 Å². The monoisotopic (exact) mass is 1280 g/mol. The van der Waals surface area contributed by atoms with Gasteiger partial charge in [0.2, 0.25) is 15.9 Å². The number of furan rings is 1. The van der Waals surface area contributed by atoms with E-state index in [9.17, 15) is 0 Å². The molecule has 92 heavy (non-hydrogen) atoms. The summed E-state index contributed by atoms with van der Waals surface area (Å²) >= 11 is 22.5. The fraction of sp³-hybridized carbons (Fsp3) is 0. The number of para-hydroxylation sites is 1. The van der Waals surface area contributed by atoms with Gasteiger partial charge in [-0.15, -0.1) is 22.7 Å². The van der Waals surface area contributed by atoms with Crippen LogP contribution >= 0.6 is 57.5 Å². The number of halogens is 3. The molecule has 0 N–H and O–H groups in total. The first-order valence-corrected chi connectivity index (χ1v) is 32.2. The van der Waals surface area contributed by atoms with Crippen molar-refractivity contribution in [3.63, 3.8) is 0 Å². The fourth-order valence-corrected chi connectivity index (χ4v) is 14.8. The maximum Gasteiger partial charge on any atom is 0.226 e. The normalized spacial score (nSPS) is 11.4. The highest BCUT2D eigenvalue weighted by atomic mass is 35.5. The summed E-state index contributed by atoms with van der Waals surface area (Å²) in [7, 11) is 0. The van der Waals surface area contributed by atoms with Crippen molar-refractivity contribution in [2.24, 2.45) is 0 Å². The van der Waals surface area contributed by atoms with Gasteiger partial charge >= 0.3 is 0 Å². The third kappa shape index (κ3) is 10.8. The minimum absolute atomic E-state index is 0.160. The van der Waals surface area contributed by atoms with E-state index in [2.05, 4.69) is 156 Å². The molecule has 0 aliphatic heterocycles. The highest BCUT2D eigenvalue weighted by Gasteiger charge is 2.20. The van der Waals surface area contributed by atoms with Gasteiger partial charge in [-0.05, 0) is 97.8 Å². The van der Waals surface area contributed by atoms with Crippen LogP contribution < -0.4 is 0 Å². The zero-order valence-corrected chi connectivity index (χ0v) is 52.2. The number of benzene rings is 12. The van der Waals surface area contributed by atoms with Crippen molar-refractivity contribution in [2.75, 3.05) is 0 Å². The van der Waals surface area contributed by atoms with Crippen LogP contribution in [0.2, 0.25) is 15.9 Å². The van der Waals surface area contributed by atoms with Gasteiger partial charge in [0.05, 0.1) is 0 Å². The van der Waals surface area contributed by atoms with E-state index in [1.54, 1.807) is 11.3 Å². The molecule has 0 fully saturated rings. The van der Waals surface area contributed by atoms with Gasteiger partial charge in [0.25, 0.3) is 0 Å². The zero-order valence-electron chi connectivity index (χ0n) is 48.3. The molecule has 12 aromatic carbocycles. The first-order valence-electron chi connectivity index (χ1n) is 29.4. The highest BCUT2D eigenvalue weighted by Crippen LogP contribution is 2.44. The molecule has 18 rings (SSSR count). The quantitative estimate of drug-likeness (QED) is 0.152. The first kappa shape index (κ1) is 56.5. The van der Waals surface area contributed by atoms with Gasteiger partial charge in [0, 0.05) is 84.5 Å². The van der Waals surface area contributed by atoms with Crippen LogP contribution in [0.15, 0.2) is 271 Å². The summed E-state index contributed by atoms with van der Waals surface area (Å²) in [4.78, 5) is 40.4. The molecule has 0 amide bonds. The van der Waals surface area contributed by atoms with E-state index in [1.807, 2.05) is 157 Å². The number of nitrogens with zero attached hydrogens (tertiary/aromatic N) is 9. The van der Waals surface area contributed by atoms with Crippen molar-refractivity contribution in [3.05, 3.63) is 283 Å². The van der Waals surface area contributed by atoms with Crippen LogP contribution in [0.4, 0.5) is 0 Å². The Morgan fingerprint density at radius 1 is 0.239 bits per heavy atom. The summed E-state index contributed by atoms with van der Waals surface area (Å²) in [6.45, 7) is 0. The molecule has 0 saturated carbocycles. The minimum atomic E-state index is 0.160. The standard InChI is InChI=1S/C27H16ClN3S.C25H14ClN3O.C25H14ClN3S/c28-27-30-25(18-7-2-1-3-8-18)29-26(31-27)19-15-13-17(14-16-19)20-10-6-11-22-21-9-4-5-12-23(21)32-24(20)22;2*26-25-28-23(15-8-2-1-3-9-15)27-24(29-25)19-14-21-22(17-11-5-4-10-16(17)19)18-12-6-7-13-20(18)30-21/h1-16H;2*1-14H. The topological polar surface area (TPSA) is 129 Å². The smallest absolute Gasteiger partial charge is 0.226 e. The zero-order chi connectivity index (χ0) is 61.7. The Bertz CT molecular complexity index is 5590. The molecule has 15 heteroatoms. The maximum absolute atomic E-state index is 6.32. The second-order valence-corrected chi connectivity index (χ2v) is 24.7. The molecule has 0 unspecified atom stereocenters. The molecule has 6 aromatic heterocycles. The maximum atomic E-state index is 6.32. The van der Waals surface area contributed by atoms with Crippen LogP contribution in [0.25, 0.3) is 163 Å². The lowest BCUT2D eigenvalue weighted by Crippen LogP contribution is -1.97. The molecule has 6 heterocycles. The van der Waals surface area contributed by atoms with E-state index in [4.69, 9.17) is 49.2 Å². The van der Waals surface area contributed by atoms with Crippen LogP contribution in [-0.2, 0) is 0 Å². The Kier molecular flexibility index (Phi) is 14.9. The average molecular weight is 1280 g/mol. The molecule has 0 atom stereocenters. The molecule has 18 aromatic rings. The SMILES string of the molecule is Clc1nc(-c2ccccc2)nc(-c2cc3oc4ccccc4c3c3ccccc23)n1.Clc1nc(-c2ccccc2)nc(-c2cc3sc4ccccc4c3c3ccccc23)n1.Clc1nc(-c2ccccc2)nc(-c2ccc(-c3cccc4c3sc3ccccc34)cc2)n1. The number of thiophene rings is 2. The lowest BCUT2D eigenvalue weighted by atomic mass is 9.99. The summed E-state index contributed by atoms with van der Waals surface area (Å²) in [6.07, 6.45) is 0. The van der Waals surface area contributed by atoms with Crippen molar-refractivity contribution >= 4 is 141 Å². The molecule has 0 aliphatic rings. The first-order chi connectivity index (χ1) is 45.3. The van der Waals surface area contributed by atoms with E-state index in [0.717, 1.165) is 77.0 Å². The minimum Gasteiger partial charge on any atom is -0.456 e. The third-order valence-corrected chi connectivity index (χ3v) is 18.9. The van der Waals surface area contributed by atoms with Crippen molar-refractivity contribution in [1.82, 2.24) is 44.9 Å². The van der Waals surface area contributed by atoms with Gasteiger partial charge in [-0.3, -0.25) is 0 Å². The lowest BCUT2D eigenvalue weighted by molar-refractivity contribution is 0.669. The van der Waals surface area contributed by atoms with Crippen molar-refractivity contribution in [3.8, 4) is 79.5 Å². The number of aromatic nitrogens is 9. The number of rotatable bonds is 7. The number of fused-ring (bicyclic) bond motifs is 13. The van der Waals surface area contributed by atoms with Crippen LogP contribution in [0.5, 0.6) is 0 Å². The molecule has 436 valence electrons. The Balaban J connectivity index is 0.000000110. The largest absolute Gasteiger partial charge is 0.456 e. The summed E-state index contributed by atoms with van der Waals surface area (Å²) in [5, 5.41) is 12.3. The highest BCUT2D eigenvalue weighted by molar-refractivity contribution is 7.26. The van der Waals surface area contributed by atoms with Crippen LogP contribution in [-0.4, -0.2) is 44.9 Å². The molecule has 10 nitrogen and oxygen atoms in total. The fourth-order valence-electron chi connectivity index (χ4n) is 11.9. The predicted molar refractivity (Wildman–Crippen MR) is 381 cm³/mol. The van der Waals surface area contributed by atoms with Gasteiger partial charge in [-0.2, -0.15) is 29.9 Å². The van der Waals surface area contributed by atoms with Crippen molar-refractivity contribution in [2.45, 2.75) is 0 Å². The Labute approximate surface area is 548 Å². The molecule has 0 saturated heterocycles. The molecule has 0 bridgehead atoms. The van der Waals surface area contributed by atoms with Crippen LogP contribution in [0.1, 0.15) is 0 Å². The Hall–Kier alpha value is -10.7. The van der Waals surface area contributed by atoms with Gasteiger partial charge in [0.1, 0.15) is 11.2 Å². The summed E-state index contributed by atoms with van der Waals surface area (Å²) in [6, 6.07) is 90.2. The van der Waals surface area contributed by atoms with Crippen molar-refractivity contribution < 1.29 is 4.42 Å². The molecule has 0 radical (unpaired) electrons. The molecule has 0 spiro atoms.